The summed E-state index contributed by atoms with van der Waals surface area (Å²) >= 11 is 0. The van der Waals surface area contributed by atoms with Crippen LogP contribution in [0.15, 0.2) is 24.9 Å². The summed E-state index contributed by atoms with van der Waals surface area (Å²) in [6.45, 7) is 2.91. The number of H-pyrrole nitrogens is 2. The molecule has 1 fully saturated rings. The molecule has 0 spiro atoms. The molecule has 1 aliphatic heterocycles. The summed E-state index contributed by atoms with van der Waals surface area (Å²) in [7, 11) is 0. The van der Waals surface area contributed by atoms with E-state index < -0.39 is 0 Å². The van der Waals surface area contributed by atoms with E-state index in [1.165, 1.54) is 0 Å². The highest BCUT2D eigenvalue weighted by atomic mass is 16.5. The Kier molecular flexibility index (Phi) is 4.48. The molecule has 0 aromatic carbocycles. The number of ether oxygens (including phenoxy) is 1. The SMILES string of the molecule is O=CO.c1nc(N2CCOCC2)c2c(-c3cn[nH]c3)c[nH]c2n1. The van der Waals surface area contributed by atoms with Gasteiger partial charge >= 0.3 is 0 Å². The predicted molar refractivity (Wildman–Crippen MR) is 83.2 cm³/mol. The number of hydrogen-bond acceptors (Lipinski definition) is 6. The van der Waals surface area contributed by atoms with Crippen LogP contribution in [-0.4, -0.2) is 63.0 Å². The number of rotatable bonds is 2. The second kappa shape index (κ2) is 6.88. The van der Waals surface area contributed by atoms with Crippen LogP contribution in [0.4, 0.5) is 5.82 Å². The van der Waals surface area contributed by atoms with Crippen LogP contribution in [0, 0.1) is 0 Å². The Morgan fingerprint density at radius 3 is 2.74 bits per heavy atom. The molecule has 9 heteroatoms. The molecule has 3 aromatic rings. The molecule has 9 nitrogen and oxygen atoms in total. The number of carbonyl (C=O) groups is 1. The Balaban J connectivity index is 0.000000485. The molecule has 0 atom stereocenters. The Labute approximate surface area is 131 Å². The van der Waals surface area contributed by atoms with Crippen molar-refractivity contribution in [2.75, 3.05) is 31.2 Å². The van der Waals surface area contributed by atoms with Gasteiger partial charge in [-0.2, -0.15) is 5.10 Å². The van der Waals surface area contributed by atoms with Gasteiger partial charge in [-0.1, -0.05) is 0 Å². The lowest BCUT2D eigenvalue weighted by molar-refractivity contribution is -0.122. The molecule has 4 heterocycles. The molecule has 23 heavy (non-hydrogen) atoms. The number of anilines is 1. The van der Waals surface area contributed by atoms with Crippen molar-refractivity contribution >= 4 is 23.3 Å². The lowest BCUT2D eigenvalue weighted by atomic mass is 10.1. The number of fused-ring (bicyclic) bond motifs is 1. The summed E-state index contributed by atoms with van der Waals surface area (Å²) in [4.78, 5) is 22.6. The molecule has 0 aliphatic carbocycles. The topological polar surface area (TPSA) is 120 Å². The van der Waals surface area contributed by atoms with Crippen molar-refractivity contribution in [2.24, 2.45) is 0 Å². The zero-order chi connectivity index (χ0) is 16.1. The standard InChI is InChI=1S/C13H14N6O.CH2O2/c1-3-20-4-2-19(1)13-11-10(9-5-17-18-6-9)7-14-12(11)15-8-16-13;2-1-3/h5-8H,1-4H2,(H,17,18)(H,14,15,16);1H,(H,2,3). The fourth-order valence-electron chi connectivity index (χ4n) is 2.59. The zero-order valence-corrected chi connectivity index (χ0v) is 12.3. The summed E-state index contributed by atoms with van der Waals surface area (Å²) in [6.07, 6.45) is 7.23. The van der Waals surface area contributed by atoms with Gasteiger partial charge in [0.2, 0.25) is 0 Å². The molecule has 1 saturated heterocycles. The van der Waals surface area contributed by atoms with Crippen LogP contribution >= 0.6 is 0 Å². The maximum atomic E-state index is 8.36. The molecular weight excluding hydrogens is 300 g/mol. The lowest BCUT2D eigenvalue weighted by Gasteiger charge is -2.28. The minimum absolute atomic E-state index is 0.250. The molecule has 3 N–H and O–H groups in total. The highest BCUT2D eigenvalue weighted by Gasteiger charge is 2.19. The third-order valence-electron chi connectivity index (χ3n) is 3.57. The van der Waals surface area contributed by atoms with E-state index in [1.807, 2.05) is 12.4 Å². The van der Waals surface area contributed by atoms with Crippen molar-refractivity contribution < 1.29 is 14.6 Å². The van der Waals surface area contributed by atoms with Crippen molar-refractivity contribution in [1.82, 2.24) is 25.1 Å². The first kappa shape index (κ1) is 15.0. The van der Waals surface area contributed by atoms with E-state index in [-0.39, 0.29) is 6.47 Å². The van der Waals surface area contributed by atoms with Crippen molar-refractivity contribution in [3.05, 3.63) is 24.9 Å². The largest absolute Gasteiger partial charge is 0.483 e. The molecule has 0 amide bonds. The van der Waals surface area contributed by atoms with E-state index in [2.05, 4.69) is 30.0 Å². The van der Waals surface area contributed by atoms with Crippen LogP contribution in [0.25, 0.3) is 22.2 Å². The minimum atomic E-state index is -0.250. The van der Waals surface area contributed by atoms with Crippen LogP contribution < -0.4 is 4.90 Å². The second-order valence-corrected chi connectivity index (χ2v) is 4.82. The van der Waals surface area contributed by atoms with Crippen LogP contribution in [0.1, 0.15) is 0 Å². The van der Waals surface area contributed by atoms with Gasteiger partial charge in [-0.05, 0) is 0 Å². The normalized spacial score (nSPS) is 14.3. The first-order chi connectivity index (χ1) is 11.3. The number of nitrogens with one attached hydrogen (secondary N) is 2. The van der Waals surface area contributed by atoms with E-state index in [0.717, 1.165) is 54.3 Å². The fourth-order valence-corrected chi connectivity index (χ4v) is 2.59. The maximum absolute atomic E-state index is 8.36. The Morgan fingerprint density at radius 2 is 2.04 bits per heavy atom. The Morgan fingerprint density at radius 1 is 1.26 bits per heavy atom. The van der Waals surface area contributed by atoms with Crippen LogP contribution in [0.2, 0.25) is 0 Å². The van der Waals surface area contributed by atoms with E-state index in [4.69, 9.17) is 14.6 Å². The van der Waals surface area contributed by atoms with Gasteiger partial charge in [0.05, 0.1) is 24.8 Å². The van der Waals surface area contributed by atoms with E-state index >= 15 is 0 Å². The van der Waals surface area contributed by atoms with E-state index in [9.17, 15) is 0 Å². The summed E-state index contributed by atoms with van der Waals surface area (Å²) in [5.74, 6) is 0.954. The monoisotopic (exact) mass is 316 g/mol. The van der Waals surface area contributed by atoms with Gasteiger partial charge in [-0.3, -0.25) is 9.89 Å². The second-order valence-electron chi connectivity index (χ2n) is 4.82. The molecule has 120 valence electrons. The van der Waals surface area contributed by atoms with Crippen LogP contribution in [0.5, 0.6) is 0 Å². The van der Waals surface area contributed by atoms with Crippen molar-refractivity contribution in [1.29, 1.82) is 0 Å². The van der Waals surface area contributed by atoms with Gasteiger partial charge < -0.3 is 19.7 Å². The lowest BCUT2D eigenvalue weighted by Crippen LogP contribution is -2.36. The first-order valence-corrected chi connectivity index (χ1v) is 7.07. The van der Waals surface area contributed by atoms with Gasteiger partial charge in [0.15, 0.2) is 0 Å². The number of morpholine rings is 1. The number of hydrogen-bond donors (Lipinski definition) is 3. The number of aromatic nitrogens is 5. The first-order valence-electron chi connectivity index (χ1n) is 7.07. The number of nitrogens with zero attached hydrogens (tertiary/aromatic N) is 4. The average molecular weight is 316 g/mol. The van der Waals surface area contributed by atoms with Crippen LogP contribution in [-0.2, 0) is 9.53 Å². The van der Waals surface area contributed by atoms with Gasteiger partial charge in [0.1, 0.15) is 17.8 Å². The molecule has 0 saturated carbocycles. The van der Waals surface area contributed by atoms with Gasteiger partial charge in [-0.15, -0.1) is 0 Å². The molecule has 3 aromatic heterocycles. The third-order valence-corrected chi connectivity index (χ3v) is 3.57. The molecule has 0 bridgehead atoms. The minimum Gasteiger partial charge on any atom is -0.483 e. The molecule has 0 unspecified atom stereocenters. The fraction of sp³-hybridized carbons (Fsp3) is 0.286. The predicted octanol–water partition coefficient (Wildman–Crippen LogP) is 0.885. The van der Waals surface area contributed by atoms with Crippen molar-refractivity contribution in [2.45, 2.75) is 0 Å². The average Bonchev–Trinajstić information content (AvgIpc) is 3.25. The van der Waals surface area contributed by atoms with Gasteiger partial charge in [0, 0.05) is 36.6 Å². The Hall–Kier alpha value is -2.94. The molecule has 0 radical (unpaired) electrons. The summed E-state index contributed by atoms with van der Waals surface area (Å²) in [5.41, 5.74) is 2.94. The van der Waals surface area contributed by atoms with Gasteiger partial charge in [0.25, 0.3) is 6.47 Å². The number of aromatic amines is 2. The van der Waals surface area contributed by atoms with Crippen molar-refractivity contribution in [3.63, 3.8) is 0 Å². The van der Waals surface area contributed by atoms with Gasteiger partial charge in [-0.25, -0.2) is 9.97 Å². The van der Waals surface area contributed by atoms with Crippen LogP contribution in [0.3, 0.4) is 0 Å². The van der Waals surface area contributed by atoms with Crippen molar-refractivity contribution in [3.8, 4) is 11.1 Å². The van der Waals surface area contributed by atoms with E-state index in [0.29, 0.717) is 0 Å². The smallest absolute Gasteiger partial charge is 0.290 e. The molecule has 1 aliphatic rings. The summed E-state index contributed by atoms with van der Waals surface area (Å²) in [6, 6.07) is 0. The summed E-state index contributed by atoms with van der Waals surface area (Å²) in [5, 5.41) is 14.8. The third kappa shape index (κ3) is 2.99. The Bertz CT molecular complexity index is 764. The molecule has 4 rings (SSSR count). The summed E-state index contributed by atoms with van der Waals surface area (Å²) < 4.78 is 5.41. The van der Waals surface area contributed by atoms with E-state index in [1.54, 1.807) is 12.5 Å². The maximum Gasteiger partial charge on any atom is 0.290 e. The highest BCUT2D eigenvalue weighted by Crippen LogP contribution is 2.33. The highest BCUT2D eigenvalue weighted by molar-refractivity contribution is 6.00. The number of carboxylic acid groups (broad SMARTS) is 1. The zero-order valence-electron chi connectivity index (χ0n) is 12.3. The molecular formula is C14H16N6O3. The quantitative estimate of drug-likeness (QED) is 0.600.